The van der Waals surface area contributed by atoms with Crippen LogP contribution in [-0.4, -0.2) is 57.6 Å². The number of thioether (sulfide) groups is 1. The van der Waals surface area contributed by atoms with Crippen LogP contribution in [0.4, 0.5) is 8.78 Å². The van der Waals surface area contributed by atoms with Gasteiger partial charge in [-0.25, -0.2) is 13.8 Å². The molecule has 1 aromatic carbocycles. The van der Waals surface area contributed by atoms with E-state index < -0.39 is 41.3 Å². The van der Waals surface area contributed by atoms with Gasteiger partial charge in [-0.05, 0) is 23.1 Å². The minimum atomic E-state index is -0.955. The first-order valence-corrected chi connectivity index (χ1v) is 12.3. The summed E-state index contributed by atoms with van der Waals surface area (Å²) in [5, 5.41) is 15.2. The molecule has 0 bridgehead atoms. The molecule has 2 fully saturated rings. The molecule has 1 aromatic heterocycles. The molecule has 4 heterocycles. The molecule has 2 aromatic rings. The van der Waals surface area contributed by atoms with Crippen molar-refractivity contribution < 1.29 is 28.2 Å². The highest BCUT2D eigenvalue weighted by Gasteiger charge is 2.50. The number of ketones is 1. The number of nitrogens with zero attached hydrogens (tertiary/aromatic N) is 3. The van der Waals surface area contributed by atoms with Crippen molar-refractivity contribution in [2.75, 3.05) is 19.8 Å². The number of Topliss-reactive ketones (excluding diaryl/α,β-unsaturated/α-hetero) is 1. The molecular weight excluding hydrogens is 484 g/mol. The van der Waals surface area contributed by atoms with Crippen LogP contribution in [0.25, 0.3) is 0 Å². The van der Waals surface area contributed by atoms with Crippen molar-refractivity contribution in [2.24, 2.45) is 0 Å². The Labute approximate surface area is 202 Å². The molecule has 2 atom stereocenters. The number of amides is 1. The largest absolute Gasteiger partial charge is 0.503 e. The number of benzene rings is 1. The molecule has 3 aliphatic heterocycles. The van der Waals surface area contributed by atoms with Gasteiger partial charge in [-0.1, -0.05) is 12.5 Å². The van der Waals surface area contributed by atoms with Gasteiger partial charge in [0.05, 0.1) is 19.3 Å². The van der Waals surface area contributed by atoms with Gasteiger partial charge in [-0.15, -0.1) is 23.1 Å². The molecule has 34 heavy (non-hydrogen) atoms. The summed E-state index contributed by atoms with van der Waals surface area (Å²) in [6, 6.07) is 6.16. The number of hydrazine groups is 1. The zero-order valence-corrected chi connectivity index (χ0v) is 19.6. The van der Waals surface area contributed by atoms with E-state index in [4.69, 9.17) is 11.2 Å². The van der Waals surface area contributed by atoms with E-state index in [-0.39, 0.29) is 36.8 Å². The number of fused-ring (bicyclic) bond motifs is 3. The zero-order chi connectivity index (χ0) is 24.1. The van der Waals surface area contributed by atoms with Crippen LogP contribution in [0.5, 0.6) is 0 Å². The molecule has 176 valence electrons. The van der Waals surface area contributed by atoms with Crippen molar-refractivity contribution >= 4 is 34.8 Å². The molecule has 1 N–H and O–H groups in total. The van der Waals surface area contributed by atoms with Crippen molar-refractivity contribution in [3.05, 3.63) is 62.7 Å². The Morgan fingerprint density at radius 1 is 1.32 bits per heavy atom. The van der Waals surface area contributed by atoms with E-state index in [9.17, 15) is 23.5 Å². The predicted molar refractivity (Wildman–Crippen MR) is 121 cm³/mol. The minimum absolute atomic E-state index is 0.0986. The Balaban J connectivity index is 1.79. The molecule has 0 aliphatic carbocycles. The fourth-order valence-electron chi connectivity index (χ4n) is 4.50. The highest BCUT2D eigenvalue weighted by atomic mass is 32.2. The molecule has 7 nitrogen and oxygen atoms in total. The van der Waals surface area contributed by atoms with Crippen molar-refractivity contribution in [3.63, 3.8) is 0 Å². The van der Waals surface area contributed by atoms with Crippen LogP contribution < -0.4 is 0 Å². The van der Waals surface area contributed by atoms with Gasteiger partial charge in [0.1, 0.15) is 6.17 Å². The second-order valence-corrected chi connectivity index (χ2v) is 9.86. The summed E-state index contributed by atoms with van der Waals surface area (Å²) in [5.74, 6) is -3.79. The number of carbonyl (C=O) groups excluding carboxylic acids is 2. The molecule has 0 unspecified atom stereocenters. The number of carbonyl (C=O) groups is 2. The van der Waals surface area contributed by atoms with E-state index in [2.05, 4.69) is 6.04 Å². The van der Waals surface area contributed by atoms with Gasteiger partial charge in [0.25, 0.3) is 5.91 Å². The van der Waals surface area contributed by atoms with E-state index >= 15 is 0 Å². The van der Waals surface area contributed by atoms with Crippen LogP contribution in [-0.2, 0) is 20.1 Å². The molecular formula is C23H19F2N3O4S2. The summed E-state index contributed by atoms with van der Waals surface area (Å²) >= 11 is 2.80. The van der Waals surface area contributed by atoms with Gasteiger partial charge < -0.3 is 14.7 Å². The van der Waals surface area contributed by atoms with E-state index in [1.165, 1.54) is 34.1 Å². The first kappa shape index (κ1) is 22.9. The predicted octanol–water partition coefficient (Wildman–Crippen LogP) is 3.39. The number of aliphatic hydroxyl groups excluding tert-OH is 1. The third-order valence-electron chi connectivity index (χ3n) is 6.06. The SMILES string of the molecule is C#CN1/C(=C(/O)C(C)=O)C(=O)N2CCOC[C@H]2N1[C@@H]1c2ccc(F)c(F)c2CSc2ccsc21. The number of rotatable bonds is 2. The van der Waals surface area contributed by atoms with Crippen LogP contribution in [0.3, 0.4) is 0 Å². The number of halogens is 2. The minimum Gasteiger partial charge on any atom is -0.503 e. The second kappa shape index (κ2) is 8.70. The van der Waals surface area contributed by atoms with E-state index in [1.807, 2.05) is 11.4 Å². The van der Waals surface area contributed by atoms with Crippen LogP contribution in [0, 0.1) is 24.1 Å². The summed E-state index contributed by atoms with van der Waals surface area (Å²) in [6.45, 7) is 1.70. The van der Waals surface area contributed by atoms with Crippen LogP contribution >= 0.6 is 23.1 Å². The van der Waals surface area contributed by atoms with E-state index in [1.54, 1.807) is 5.01 Å². The fraction of sp³-hybridized carbons (Fsp3) is 0.304. The normalized spacial score (nSPS) is 24.0. The van der Waals surface area contributed by atoms with Gasteiger partial charge in [0.15, 0.2) is 28.9 Å². The fourth-order valence-corrected chi connectivity index (χ4v) is 6.82. The number of allylic oxidation sites excluding steroid dienone is 1. The molecule has 5 rings (SSSR count). The summed E-state index contributed by atoms with van der Waals surface area (Å²) < 4.78 is 34.8. The summed E-state index contributed by atoms with van der Waals surface area (Å²) in [5.41, 5.74) is 0.318. The topological polar surface area (TPSA) is 73.3 Å². The molecule has 0 saturated carbocycles. The highest BCUT2D eigenvalue weighted by Crippen LogP contribution is 2.48. The molecule has 11 heteroatoms. The maximum atomic E-state index is 15.0. The lowest BCUT2D eigenvalue weighted by Gasteiger charge is -2.52. The van der Waals surface area contributed by atoms with Crippen molar-refractivity contribution in [1.82, 2.24) is 14.9 Å². The van der Waals surface area contributed by atoms with E-state index in [0.717, 1.165) is 27.8 Å². The van der Waals surface area contributed by atoms with Crippen molar-refractivity contribution in [3.8, 4) is 12.5 Å². The Morgan fingerprint density at radius 2 is 2.12 bits per heavy atom. The lowest BCUT2D eigenvalue weighted by atomic mass is 9.97. The Bertz CT molecular complexity index is 1270. The molecule has 3 aliphatic rings. The zero-order valence-electron chi connectivity index (χ0n) is 18.0. The van der Waals surface area contributed by atoms with Crippen LogP contribution in [0.2, 0.25) is 0 Å². The van der Waals surface area contributed by atoms with Crippen LogP contribution in [0.1, 0.15) is 29.0 Å². The number of aliphatic hydroxyl groups is 1. The lowest BCUT2D eigenvalue weighted by Crippen LogP contribution is -2.67. The second-order valence-electron chi connectivity index (χ2n) is 7.90. The Hall–Kier alpha value is -2.91. The van der Waals surface area contributed by atoms with Crippen LogP contribution in [0.15, 0.2) is 39.9 Å². The quantitative estimate of drug-likeness (QED) is 0.383. The average Bonchev–Trinajstić information content (AvgIpc) is 3.23. The van der Waals surface area contributed by atoms with Gasteiger partial charge >= 0.3 is 0 Å². The number of ether oxygens (including phenoxy) is 1. The number of thiophene rings is 1. The molecule has 2 saturated heterocycles. The highest BCUT2D eigenvalue weighted by molar-refractivity contribution is 7.98. The molecule has 0 radical (unpaired) electrons. The van der Waals surface area contributed by atoms with Gasteiger partial charge in [0, 0.05) is 40.6 Å². The monoisotopic (exact) mass is 503 g/mol. The maximum Gasteiger partial charge on any atom is 0.278 e. The van der Waals surface area contributed by atoms with Gasteiger partial charge in [-0.2, -0.15) is 5.01 Å². The third-order valence-corrected chi connectivity index (χ3v) is 8.26. The summed E-state index contributed by atoms with van der Waals surface area (Å²) in [4.78, 5) is 28.6. The molecule has 1 amide bonds. The average molecular weight is 504 g/mol. The van der Waals surface area contributed by atoms with Crippen molar-refractivity contribution in [1.29, 1.82) is 0 Å². The van der Waals surface area contributed by atoms with E-state index in [0.29, 0.717) is 5.56 Å². The third kappa shape index (κ3) is 3.41. The standard InChI is InChI=1S/C23H19F2N3O4S2/c1-3-27-20(21(30)12(2)29)23(31)26-7-8-32-10-17(26)28(27)19-13-4-5-15(24)18(25)14(13)11-34-16-6-9-33-22(16)19/h1,4-6,9,17,19,30H,7-8,10-11H2,2H3/b21-20+/t17-,19-/m1/s1. The van der Waals surface area contributed by atoms with Gasteiger partial charge in [0.2, 0.25) is 0 Å². The number of hydrogen-bond acceptors (Lipinski definition) is 8. The first-order valence-electron chi connectivity index (χ1n) is 10.4. The first-order chi connectivity index (χ1) is 16.3. The lowest BCUT2D eigenvalue weighted by molar-refractivity contribution is -0.186. The number of terminal acetylenes is 1. The smallest absolute Gasteiger partial charge is 0.278 e. The molecule has 0 spiro atoms. The van der Waals surface area contributed by atoms with Gasteiger partial charge in [-0.3, -0.25) is 9.59 Å². The maximum absolute atomic E-state index is 15.0. The Morgan fingerprint density at radius 3 is 2.85 bits per heavy atom. The number of hydrogen-bond donors (Lipinski definition) is 1. The summed E-state index contributed by atoms with van der Waals surface area (Å²) in [7, 11) is 0. The summed E-state index contributed by atoms with van der Waals surface area (Å²) in [6.07, 6.45) is 5.15. The number of morpholine rings is 1. The van der Waals surface area contributed by atoms with Crippen molar-refractivity contribution in [2.45, 2.75) is 29.8 Å². The Kier molecular flexibility index (Phi) is 5.85.